The van der Waals surface area contributed by atoms with Gasteiger partial charge >= 0.3 is 0 Å². The molecule has 3 N–H and O–H groups in total. The molecule has 0 radical (unpaired) electrons. The highest BCUT2D eigenvalue weighted by Crippen LogP contribution is 2.36. The van der Waals surface area contributed by atoms with Gasteiger partial charge in [-0.2, -0.15) is 0 Å². The number of benzene rings is 1. The van der Waals surface area contributed by atoms with Gasteiger partial charge in [-0.15, -0.1) is 0 Å². The van der Waals surface area contributed by atoms with Crippen LogP contribution in [0.1, 0.15) is 30.0 Å². The van der Waals surface area contributed by atoms with E-state index >= 15 is 0 Å². The fourth-order valence-corrected chi connectivity index (χ4v) is 2.32. The standard InChI is InChI=1S/C12H12ClN3/c1-6(14)12-15-10-5-7-4-8(13)2-3-9(7)11(10)16-12/h2-4,6H,5,14H2,1H3,(H,15,16). The molecule has 0 saturated heterocycles. The molecule has 16 heavy (non-hydrogen) atoms. The Morgan fingerprint density at radius 1 is 1.50 bits per heavy atom. The molecule has 1 aliphatic rings. The quantitative estimate of drug-likeness (QED) is 0.679. The van der Waals surface area contributed by atoms with E-state index in [2.05, 4.69) is 9.97 Å². The van der Waals surface area contributed by atoms with E-state index in [9.17, 15) is 0 Å². The molecule has 0 aliphatic heterocycles. The monoisotopic (exact) mass is 233 g/mol. The summed E-state index contributed by atoms with van der Waals surface area (Å²) >= 11 is 5.96. The zero-order valence-electron chi connectivity index (χ0n) is 8.92. The first-order chi connectivity index (χ1) is 7.65. The topological polar surface area (TPSA) is 54.7 Å². The Hall–Kier alpha value is -1.32. The highest BCUT2D eigenvalue weighted by molar-refractivity contribution is 6.30. The lowest BCUT2D eigenvalue weighted by Crippen LogP contribution is -2.07. The molecule has 4 heteroatoms. The van der Waals surface area contributed by atoms with E-state index < -0.39 is 0 Å². The van der Waals surface area contributed by atoms with Crippen LogP contribution in [0.4, 0.5) is 0 Å². The predicted molar refractivity (Wildman–Crippen MR) is 64.4 cm³/mol. The van der Waals surface area contributed by atoms with E-state index in [1.165, 1.54) is 11.1 Å². The number of halogens is 1. The largest absolute Gasteiger partial charge is 0.344 e. The number of H-pyrrole nitrogens is 1. The smallest absolute Gasteiger partial charge is 0.123 e. The van der Waals surface area contributed by atoms with Crippen LogP contribution < -0.4 is 5.73 Å². The molecule has 0 fully saturated rings. The second kappa shape index (κ2) is 3.34. The second-order valence-electron chi connectivity index (χ2n) is 4.22. The Morgan fingerprint density at radius 3 is 3.06 bits per heavy atom. The summed E-state index contributed by atoms with van der Waals surface area (Å²) in [5.74, 6) is 0.852. The lowest BCUT2D eigenvalue weighted by Gasteiger charge is -2.02. The van der Waals surface area contributed by atoms with Crippen LogP contribution in [0.15, 0.2) is 18.2 Å². The van der Waals surface area contributed by atoms with Crippen molar-refractivity contribution in [2.24, 2.45) is 5.73 Å². The number of hydrogen-bond donors (Lipinski definition) is 2. The van der Waals surface area contributed by atoms with Crippen LogP contribution >= 0.6 is 11.6 Å². The molecular formula is C12H12ClN3. The molecule has 0 spiro atoms. The predicted octanol–water partition coefficient (Wildman–Crippen LogP) is 2.65. The Kier molecular flexibility index (Phi) is 2.06. The van der Waals surface area contributed by atoms with Crippen molar-refractivity contribution in [3.8, 4) is 11.3 Å². The Morgan fingerprint density at radius 2 is 2.31 bits per heavy atom. The summed E-state index contributed by atoms with van der Waals surface area (Å²) in [4.78, 5) is 7.82. The van der Waals surface area contributed by atoms with Crippen molar-refractivity contribution in [1.82, 2.24) is 9.97 Å². The van der Waals surface area contributed by atoms with E-state index in [1.807, 2.05) is 25.1 Å². The van der Waals surface area contributed by atoms with Crippen molar-refractivity contribution >= 4 is 11.6 Å². The van der Waals surface area contributed by atoms with Crippen molar-refractivity contribution in [3.63, 3.8) is 0 Å². The van der Waals surface area contributed by atoms with Gasteiger partial charge in [-0.1, -0.05) is 17.7 Å². The zero-order valence-corrected chi connectivity index (χ0v) is 9.67. The maximum atomic E-state index is 5.96. The lowest BCUT2D eigenvalue weighted by atomic mass is 10.1. The first kappa shape index (κ1) is 9.87. The summed E-state index contributed by atoms with van der Waals surface area (Å²) in [7, 11) is 0. The molecule has 3 nitrogen and oxygen atoms in total. The number of nitrogens with zero attached hydrogens (tertiary/aromatic N) is 1. The van der Waals surface area contributed by atoms with Crippen LogP contribution in [0.2, 0.25) is 5.02 Å². The van der Waals surface area contributed by atoms with Crippen LogP contribution in [0, 0.1) is 0 Å². The second-order valence-corrected chi connectivity index (χ2v) is 4.65. The third kappa shape index (κ3) is 1.36. The number of aromatic nitrogens is 2. The summed E-state index contributed by atoms with van der Waals surface area (Å²) < 4.78 is 0. The maximum Gasteiger partial charge on any atom is 0.123 e. The number of nitrogens with two attached hydrogens (primary N) is 1. The summed E-state index contributed by atoms with van der Waals surface area (Å²) in [5, 5.41) is 0.774. The SMILES string of the molecule is CC(N)c1nc2c([nH]1)Cc1cc(Cl)ccc1-2. The van der Waals surface area contributed by atoms with Crippen LogP contribution in [0.5, 0.6) is 0 Å². The van der Waals surface area contributed by atoms with Gasteiger partial charge in [0.15, 0.2) is 0 Å². The minimum Gasteiger partial charge on any atom is -0.344 e. The van der Waals surface area contributed by atoms with E-state index in [4.69, 9.17) is 17.3 Å². The number of rotatable bonds is 1. The number of hydrogen-bond acceptors (Lipinski definition) is 2. The molecule has 1 unspecified atom stereocenters. The molecular weight excluding hydrogens is 222 g/mol. The molecule has 3 rings (SSSR count). The summed E-state index contributed by atoms with van der Waals surface area (Å²) in [6.45, 7) is 1.93. The molecule has 1 heterocycles. The highest BCUT2D eigenvalue weighted by atomic mass is 35.5. The zero-order chi connectivity index (χ0) is 11.3. The van der Waals surface area contributed by atoms with E-state index in [0.717, 1.165) is 28.7 Å². The van der Waals surface area contributed by atoms with Gasteiger partial charge in [0.1, 0.15) is 5.82 Å². The van der Waals surface area contributed by atoms with Crippen LogP contribution in [0.25, 0.3) is 11.3 Å². The van der Waals surface area contributed by atoms with Gasteiger partial charge in [-0.3, -0.25) is 0 Å². The van der Waals surface area contributed by atoms with Gasteiger partial charge in [0.25, 0.3) is 0 Å². The molecule has 2 aromatic rings. The van der Waals surface area contributed by atoms with E-state index in [-0.39, 0.29) is 6.04 Å². The van der Waals surface area contributed by atoms with Gasteiger partial charge in [-0.25, -0.2) is 4.98 Å². The van der Waals surface area contributed by atoms with Gasteiger partial charge in [0.2, 0.25) is 0 Å². The van der Waals surface area contributed by atoms with Crippen LogP contribution in [-0.2, 0) is 6.42 Å². The Bertz CT molecular complexity index is 557. The van der Waals surface area contributed by atoms with Crippen molar-refractivity contribution < 1.29 is 0 Å². The normalized spacial score (nSPS) is 14.7. The summed E-state index contributed by atoms with van der Waals surface area (Å²) in [5.41, 5.74) is 10.4. The van der Waals surface area contributed by atoms with Crippen molar-refractivity contribution in [3.05, 3.63) is 40.3 Å². The number of aromatic amines is 1. The Labute approximate surface area is 98.6 Å². The third-order valence-corrected chi connectivity index (χ3v) is 3.15. The first-order valence-electron chi connectivity index (χ1n) is 5.28. The van der Waals surface area contributed by atoms with Gasteiger partial charge in [0.05, 0.1) is 11.7 Å². The van der Waals surface area contributed by atoms with Crippen molar-refractivity contribution in [2.75, 3.05) is 0 Å². The highest BCUT2D eigenvalue weighted by Gasteiger charge is 2.23. The van der Waals surface area contributed by atoms with Gasteiger partial charge in [0, 0.05) is 22.7 Å². The van der Waals surface area contributed by atoms with Crippen molar-refractivity contribution in [2.45, 2.75) is 19.4 Å². The fourth-order valence-electron chi connectivity index (χ4n) is 2.13. The average molecular weight is 234 g/mol. The van der Waals surface area contributed by atoms with Gasteiger partial charge in [-0.05, 0) is 24.6 Å². The third-order valence-electron chi connectivity index (χ3n) is 2.92. The molecule has 0 saturated carbocycles. The number of fused-ring (bicyclic) bond motifs is 3. The average Bonchev–Trinajstić information content (AvgIpc) is 2.73. The van der Waals surface area contributed by atoms with Crippen molar-refractivity contribution in [1.29, 1.82) is 0 Å². The number of imidazole rings is 1. The van der Waals surface area contributed by atoms with Crippen LogP contribution in [-0.4, -0.2) is 9.97 Å². The van der Waals surface area contributed by atoms with E-state index in [1.54, 1.807) is 0 Å². The summed E-state index contributed by atoms with van der Waals surface area (Å²) in [6.07, 6.45) is 0.866. The Balaban J connectivity index is 2.13. The van der Waals surface area contributed by atoms with Crippen LogP contribution in [0.3, 0.4) is 0 Å². The number of nitrogens with one attached hydrogen (secondary N) is 1. The van der Waals surface area contributed by atoms with Gasteiger partial charge < -0.3 is 10.7 Å². The minimum atomic E-state index is -0.0543. The molecule has 0 amide bonds. The molecule has 82 valence electrons. The maximum absolute atomic E-state index is 5.96. The summed E-state index contributed by atoms with van der Waals surface area (Å²) in [6, 6.07) is 5.87. The lowest BCUT2D eigenvalue weighted by molar-refractivity contribution is 0.752. The molecule has 1 aliphatic carbocycles. The molecule has 0 bridgehead atoms. The molecule has 1 aromatic carbocycles. The fraction of sp³-hybridized carbons (Fsp3) is 0.250. The molecule has 1 aromatic heterocycles. The van der Waals surface area contributed by atoms with E-state index in [0.29, 0.717) is 0 Å². The minimum absolute atomic E-state index is 0.0543. The first-order valence-corrected chi connectivity index (χ1v) is 5.66. The molecule has 1 atom stereocenters.